The van der Waals surface area contributed by atoms with E-state index in [2.05, 4.69) is 33.0 Å². The lowest BCUT2D eigenvalue weighted by atomic mass is 9.94. The molecule has 0 aliphatic carbocycles. The van der Waals surface area contributed by atoms with Crippen LogP contribution in [0.5, 0.6) is 0 Å². The number of halogens is 2. The van der Waals surface area contributed by atoms with Gasteiger partial charge < -0.3 is 10.4 Å². The monoisotopic (exact) mass is 439 g/mol. The maximum Gasteiger partial charge on any atom is 0.0985 e. The lowest BCUT2D eigenvalue weighted by molar-refractivity contribution is 0.120. The fourth-order valence-electron chi connectivity index (χ4n) is 3.09. The van der Waals surface area contributed by atoms with E-state index in [0.29, 0.717) is 16.1 Å². The number of hydrogen-bond donors (Lipinski definition) is 2. The molecule has 0 amide bonds. The van der Waals surface area contributed by atoms with E-state index in [0.717, 1.165) is 29.7 Å². The molecule has 2 aromatic rings. The summed E-state index contributed by atoms with van der Waals surface area (Å²) in [4.78, 5) is 0. The third kappa shape index (κ3) is 7.61. The molecule has 2 nitrogen and oxygen atoms in total. The largest absolute Gasteiger partial charge is 0.386 e. The van der Waals surface area contributed by atoms with Gasteiger partial charge in [0.1, 0.15) is 0 Å². The number of hydrogen-bond acceptors (Lipinski definition) is 3. The second-order valence-electron chi connectivity index (χ2n) is 8.05. The Bertz CT molecular complexity index is 730. The topological polar surface area (TPSA) is 32.3 Å². The molecule has 0 heterocycles. The highest BCUT2D eigenvalue weighted by atomic mass is 35.5. The molecular formula is C23H31Cl2NOS. The molecule has 0 aliphatic heterocycles. The van der Waals surface area contributed by atoms with E-state index in [1.54, 1.807) is 0 Å². The Balaban J connectivity index is 2.21. The summed E-state index contributed by atoms with van der Waals surface area (Å²) >= 11 is 14.2. The van der Waals surface area contributed by atoms with Crippen molar-refractivity contribution >= 4 is 35.0 Å². The molecule has 28 heavy (non-hydrogen) atoms. The zero-order valence-corrected chi connectivity index (χ0v) is 19.4. The van der Waals surface area contributed by atoms with E-state index in [1.807, 2.05) is 60.3 Å². The van der Waals surface area contributed by atoms with Gasteiger partial charge in [-0.05, 0) is 54.0 Å². The molecular weight excluding hydrogens is 409 g/mol. The van der Waals surface area contributed by atoms with Crippen LogP contribution in [0.2, 0.25) is 10.0 Å². The maximum atomic E-state index is 11.2. The average molecular weight is 440 g/mol. The highest BCUT2D eigenvalue weighted by Crippen LogP contribution is 2.32. The minimum absolute atomic E-state index is 0.236. The quantitative estimate of drug-likeness (QED) is 0.438. The number of nitrogens with one attached hydrogen (secondary N) is 1. The Morgan fingerprint density at radius 3 is 2.25 bits per heavy atom. The fourth-order valence-corrected chi connectivity index (χ4v) is 4.43. The summed E-state index contributed by atoms with van der Waals surface area (Å²) in [6.07, 6.45) is 1.34. The summed E-state index contributed by atoms with van der Waals surface area (Å²) in [5, 5.41) is 16.2. The first kappa shape index (κ1) is 23.6. The minimum Gasteiger partial charge on any atom is -0.386 e. The van der Waals surface area contributed by atoms with Crippen molar-refractivity contribution in [1.29, 1.82) is 0 Å². The molecule has 0 aliphatic rings. The molecule has 0 fully saturated rings. The van der Waals surface area contributed by atoms with Gasteiger partial charge in [-0.25, -0.2) is 0 Å². The van der Waals surface area contributed by atoms with Crippen LogP contribution in [-0.2, 0) is 0 Å². The van der Waals surface area contributed by atoms with Crippen LogP contribution in [0.4, 0.5) is 0 Å². The Hall–Kier alpha value is -0.710. The molecule has 0 bridgehead atoms. The van der Waals surface area contributed by atoms with Gasteiger partial charge in [0.15, 0.2) is 0 Å². The van der Waals surface area contributed by atoms with Crippen LogP contribution in [0.25, 0.3) is 0 Å². The molecule has 2 rings (SSSR count). The van der Waals surface area contributed by atoms with Gasteiger partial charge >= 0.3 is 0 Å². The molecule has 0 radical (unpaired) electrons. The molecule has 2 N–H and O–H groups in total. The zero-order chi connectivity index (χ0) is 20.7. The average Bonchev–Trinajstić information content (AvgIpc) is 2.64. The Labute approximate surface area is 184 Å². The third-order valence-electron chi connectivity index (χ3n) is 4.64. The molecule has 2 aromatic carbocycles. The zero-order valence-electron chi connectivity index (χ0n) is 17.1. The second kappa shape index (κ2) is 10.9. The molecule has 5 heteroatoms. The summed E-state index contributed by atoms with van der Waals surface area (Å²) in [6, 6.07) is 15.2. The van der Waals surface area contributed by atoms with Crippen molar-refractivity contribution < 1.29 is 5.11 Å². The molecule has 3 atom stereocenters. The summed E-state index contributed by atoms with van der Waals surface area (Å²) in [5.74, 6) is 1.08. The van der Waals surface area contributed by atoms with E-state index in [9.17, 15) is 5.11 Å². The first-order chi connectivity index (χ1) is 13.2. The highest BCUT2D eigenvalue weighted by Gasteiger charge is 2.25. The van der Waals surface area contributed by atoms with Gasteiger partial charge in [-0.1, -0.05) is 75.2 Å². The van der Waals surface area contributed by atoms with Crippen molar-refractivity contribution in [3.63, 3.8) is 0 Å². The number of aliphatic hydroxyl groups excluding tert-OH is 1. The van der Waals surface area contributed by atoms with Crippen LogP contribution < -0.4 is 5.32 Å². The summed E-state index contributed by atoms with van der Waals surface area (Å²) < 4.78 is 0.258. The first-order valence-corrected chi connectivity index (χ1v) is 11.5. The van der Waals surface area contributed by atoms with Crippen molar-refractivity contribution in [3.05, 3.63) is 69.7 Å². The SMILES string of the molecule is CC[C@@H](CCSC(C)(C)C)NC(c1ccc(Cl)cc1)[C@H](O)c1cccc(Cl)c1. The molecule has 154 valence electrons. The van der Waals surface area contributed by atoms with Gasteiger partial charge in [-0.15, -0.1) is 0 Å². The first-order valence-electron chi connectivity index (χ1n) is 9.78. The lowest BCUT2D eigenvalue weighted by Crippen LogP contribution is -2.36. The van der Waals surface area contributed by atoms with E-state index in [4.69, 9.17) is 23.2 Å². The van der Waals surface area contributed by atoms with E-state index >= 15 is 0 Å². The summed E-state index contributed by atoms with van der Waals surface area (Å²) in [7, 11) is 0. The third-order valence-corrected chi connectivity index (χ3v) is 6.44. The van der Waals surface area contributed by atoms with Crippen LogP contribution in [0.15, 0.2) is 48.5 Å². The van der Waals surface area contributed by atoms with Crippen LogP contribution in [0.3, 0.4) is 0 Å². The predicted molar refractivity (Wildman–Crippen MR) is 125 cm³/mol. The van der Waals surface area contributed by atoms with Gasteiger partial charge in [0.2, 0.25) is 0 Å². The standard InChI is InChI=1S/C23H31Cl2NOS/c1-5-20(13-14-28-23(2,3)4)26-21(16-9-11-18(24)12-10-16)22(27)17-7-6-8-19(25)15-17/h6-12,15,20-22,26-27H,5,13-14H2,1-4H3/t20-,21?,22+/m0/s1. The Kier molecular flexibility index (Phi) is 9.17. The van der Waals surface area contributed by atoms with E-state index in [1.165, 1.54) is 0 Å². The van der Waals surface area contributed by atoms with Gasteiger partial charge in [0.25, 0.3) is 0 Å². The number of benzene rings is 2. The molecule has 0 saturated heterocycles. The Morgan fingerprint density at radius 2 is 1.68 bits per heavy atom. The van der Waals surface area contributed by atoms with Crippen molar-refractivity contribution in [3.8, 4) is 0 Å². The summed E-state index contributed by atoms with van der Waals surface area (Å²) in [5.41, 5.74) is 1.82. The van der Waals surface area contributed by atoms with Crippen LogP contribution in [0, 0.1) is 0 Å². The predicted octanol–water partition coefficient (Wildman–Crippen LogP) is 7.06. The Morgan fingerprint density at radius 1 is 1.00 bits per heavy atom. The van der Waals surface area contributed by atoms with Crippen molar-refractivity contribution in [2.45, 2.75) is 63.5 Å². The highest BCUT2D eigenvalue weighted by molar-refractivity contribution is 8.00. The van der Waals surface area contributed by atoms with Gasteiger partial charge in [0, 0.05) is 20.8 Å². The van der Waals surface area contributed by atoms with Crippen molar-refractivity contribution in [1.82, 2.24) is 5.32 Å². The second-order valence-corrected chi connectivity index (χ2v) is 10.8. The smallest absolute Gasteiger partial charge is 0.0985 e. The number of rotatable bonds is 9. The van der Waals surface area contributed by atoms with Gasteiger partial charge in [0.05, 0.1) is 12.1 Å². The van der Waals surface area contributed by atoms with Gasteiger partial charge in [-0.3, -0.25) is 0 Å². The van der Waals surface area contributed by atoms with E-state index < -0.39 is 6.10 Å². The van der Waals surface area contributed by atoms with E-state index in [-0.39, 0.29) is 10.8 Å². The maximum absolute atomic E-state index is 11.2. The van der Waals surface area contributed by atoms with Gasteiger partial charge in [-0.2, -0.15) is 11.8 Å². The molecule has 1 unspecified atom stereocenters. The number of thioether (sulfide) groups is 1. The normalized spacial score (nSPS) is 15.2. The molecule has 0 aromatic heterocycles. The lowest BCUT2D eigenvalue weighted by Gasteiger charge is -2.30. The van der Waals surface area contributed by atoms with Crippen molar-refractivity contribution in [2.24, 2.45) is 0 Å². The summed E-state index contributed by atoms with van der Waals surface area (Å²) in [6.45, 7) is 8.91. The minimum atomic E-state index is -0.704. The van der Waals surface area contributed by atoms with Crippen molar-refractivity contribution in [2.75, 3.05) is 5.75 Å². The van der Waals surface area contributed by atoms with Crippen LogP contribution in [0.1, 0.15) is 63.8 Å². The molecule has 0 saturated carbocycles. The van der Waals surface area contributed by atoms with Crippen LogP contribution >= 0.6 is 35.0 Å². The fraction of sp³-hybridized carbons (Fsp3) is 0.478. The van der Waals surface area contributed by atoms with Crippen LogP contribution in [-0.4, -0.2) is 21.6 Å². The number of aliphatic hydroxyl groups is 1. The molecule has 0 spiro atoms.